The van der Waals surface area contributed by atoms with Gasteiger partial charge in [-0.1, -0.05) is 41.0 Å². The Morgan fingerprint density at radius 2 is 1.97 bits per heavy atom. The smallest absolute Gasteiger partial charge is 0.340 e. The Kier molecular flexibility index (Phi) is 5.83. The number of aryl methyl sites for hydroxylation is 1. The summed E-state index contributed by atoms with van der Waals surface area (Å²) in [5.41, 5.74) is 2.05. The lowest BCUT2D eigenvalue weighted by Gasteiger charge is -2.28. The van der Waals surface area contributed by atoms with Gasteiger partial charge in [0.05, 0.1) is 15.5 Å². The first kappa shape index (κ1) is 21.5. The first-order chi connectivity index (χ1) is 14.8. The second kappa shape index (κ2) is 8.41. The summed E-state index contributed by atoms with van der Waals surface area (Å²) in [6.45, 7) is 3.85. The van der Waals surface area contributed by atoms with Gasteiger partial charge in [0.2, 0.25) is 10.0 Å². The van der Waals surface area contributed by atoms with Gasteiger partial charge in [-0.3, -0.25) is 0 Å². The molecule has 10 heteroatoms. The van der Waals surface area contributed by atoms with E-state index in [-0.39, 0.29) is 27.9 Å². The molecule has 31 heavy (non-hydrogen) atoms. The number of nitrogens with zero attached hydrogens (tertiary/aromatic N) is 3. The molecule has 3 aromatic rings. The van der Waals surface area contributed by atoms with E-state index in [0.29, 0.717) is 18.8 Å². The number of rotatable bonds is 5. The highest BCUT2D eigenvalue weighted by atomic mass is 35.5. The minimum Gasteiger partial charge on any atom is -0.449 e. The summed E-state index contributed by atoms with van der Waals surface area (Å²) in [4.78, 5) is 16.7. The molecule has 1 atom stereocenters. The summed E-state index contributed by atoms with van der Waals surface area (Å²) < 4.78 is 38.2. The monoisotopic (exact) mass is 461 g/mol. The number of halogens is 1. The molecule has 0 amide bonds. The lowest BCUT2D eigenvalue weighted by atomic mass is 10.0. The van der Waals surface area contributed by atoms with E-state index >= 15 is 0 Å². The van der Waals surface area contributed by atoms with Crippen molar-refractivity contribution in [1.82, 2.24) is 14.4 Å². The van der Waals surface area contributed by atoms with Crippen molar-refractivity contribution in [2.75, 3.05) is 6.54 Å². The first-order valence-electron chi connectivity index (χ1n) is 9.63. The largest absolute Gasteiger partial charge is 0.449 e. The Balaban J connectivity index is 1.57. The maximum absolute atomic E-state index is 13.2. The molecule has 162 valence electrons. The zero-order valence-electron chi connectivity index (χ0n) is 16.9. The van der Waals surface area contributed by atoms with E-state index in [0.717, 1.165) is 11.1 Å². The number of ether oxygens (including phenoxy) is 1. The second-order valence-corrected chi connectivity index (χ2v) is 9.57. The zero-order chi connectivity index (χ0) is 22.2. The van der Waals surface area contributed by atoms with Gasteiger partial charge in [0.15, 0.2) is 11.9 Å². The molecule has 1 aromatic heterocycles. The van der Waals surface area contributed by atoms with E-state index in [4.69, 9.17) is 20.9 Å². The van der Waals surface area contributed by atoms with Gasteiger partial charge in [-0.2, -0.15) is 9.29 Å². The summed E-state index contributed by atoms with van der Waals surface area (Å²) in [5.74, 6) is -0.237. The number of esters is 1. The summed E-state index contributed by atoms with van der Waals surface area (Å²) in [6, 6.07) is 11.8. The van der Waals surface area contributed by atoms with Crippen LogP contribution in [0.25, 0.3) is 0 Å². The third kappa shape index (κ3) is 4.34. The SMILES string of the molecule is Cc1noc(C(C)OC(=O)c2cc(S(=O)(=O)N3CCc4ccccc4C3)ccc2Cl)n1. The van der Waals surface area contributed by atoms with E-state index in [9.17, 15) is 13.2 Å². The fraction of sp³-hybridized carbons (Fsp3) is 0.286. The van der Waals surface area contributed by atoms with Gasteiger partial charge >= 0.3 is 5.97 Å². The lowest BCUT2D eigenvalue weighted by Crippen LogP contribution is -2.36. The molecular weight excluding hydrogens is 442 g/mol. The molecule has 0 fully saturated rings. The molecule has 0 bridgehead atoms. The van der Waals surface area contributed by atoms with Crippen LogP contribution in [0.5, 0.6) is 0 Å². The number of hydrogen-bond donors (Lipinski definition) is 0. The van der Waals surface area contributed by atoms with Gasteiger partial charge in [-0.25, -0.2) is 13.2 Å². The summed E-state index contributed by atoms with van der Waals surface area (Å²) in [5, 5.41) is 3.75. The Labute approximate surface area is 184 Å². The van der Waals surface area contributed by atoms with E-state index < -0.39 is 22.1 Å². The van der Waals surface area contributed by atoms with Gasteiger partial charge in [0, 0.05) is 13.1 Å². The van der Waals surface area contributed by atoms with Crippen molar-refractivity contribution in [3.05, 3.63) is 75.9 Å². The normalized spacial score (nSPS) is 15.3. The fourth-order valence-electron chi connectivity index (χ4n) is 3.40. The predicted octanol–water partition coefficient (Wildman–Crippen LogP) is 3.70. The van der Waals surface area contributed by atoms with Crippen LogP contribution in [0.3, 0.4) is 0 Å². The average Bonchev–Trinajstić information content (AvgIpc) is 3.20. The molecule has 0 N–H and O–H groups in total. The summed E-state index contributed by atoms with van der Waals surface area (Å²) in [6.07, 6.45) is -0.192. The van der Waals surface area contributed by atoms with Gasteiger partial charge in [0.1, 0.15) is 0 Å². The molecule has 4 rings (SSSR count). The number of hydrogen-bond acceptors (Lipinski definition) is 7. The van der Waals surface area contributed by atoms with Crippen LogP contribution in [0.4, 0.5) is 0 Å². The number of aromatic nitrogens is 2. The van der Waals surface area contributed by atoms with Crippen LogP contribution < -0.4 is 0 Å². The summed E-state index contributed by atoms with van der Waals surface area (Å²) in [7, 11) is -3.83. The third-order valence-corrected chi connectivity index (χ3v) is 7.24. The zero-order valence-corrected chi connectivity index (χ0v) is 18.5. The first-order valence-corrected chi connectivity index (χ1v) is 11.4. The molecule has 1 aliphatic rings. The quantitative estimate of drug-likeness (QED) is 0.533. The number of fused-ring (bicyclic) bond motifs is 1. The predicted molar refractivity (Wildman–Crippen MR) is 112 cm³/mol. The van der Waals surface area contributed by atoms with Crippen molar-refractivity contribution in [1.29, 1.82) is 0 Å². The van der Waals surface area contributed by atoms with E-state index in [1.807, 2.05) is 24.3 Å². The molecule has 0 saturated heterocycles. The molecule has 2 heterocycles. The maximum atomic E-state index is 13.2. The van der Waals surface area contributed by atoms with Crippen LogP contribution in [-0.4, -0.2) is 35.4 Å². The van der Waals surface area contributed by atoms with Gasteiger partial charge < -0.3 is 9.26 Å². The Morgan fingerprint density at radius 3 is 2.68 bits per heavy atom. The molecule has 2 aromatic carbocycles. The lowest BCUT2D eigenvalue weighted by molar-refractivity contribution is 0.0265. The van der Waals surface area contributed by atoms with Gasteiger partial charge in [-0.15, -0.1) is 0 Å². The van der Waals surface area contributed by atoms with Crippen molar-refractivity contribution in [3.63, 3.8) is 0 Å². The molecule has 0 aliphatic carbocycles. The highest BCUT2D eigenvalue weighted by Gasteiger charge is 2.30. The standard InChI is InChI=1S/C21H20ClN3O5S/c1-13(20-23-14(2)24-30-20)29-21(26)18-11-17(7-8-19(18)22)31(27,28)25-10-9-15-5-3-4-6-16(15)12-25/h3-8,11,13H,9-10,12H2,1-2H3. The third-order valence-electron chi connectivity index (χ3n) is 5.07. The summed E-state index contributed by atoms with van der Waals surface area (Å²) >= 11 is 6.17. The van der Waals surface area contributed by atoms with Crippen LogP contribution >= 0.6 is 11.6 Å². The van der Waals surface area contributed by atoms with Crippen LogP contribution in [-0.2, 0) is 27.7 Å². The van der Waals surface area contributed by atoms with Crippen molar-refractivity contribution in [2.24, 2.45) is 0 Å². The highest BCUT2D eigenvalue weighted by molar-refractivity contribution is 7.89. The highest BCUT2D eigenvalue weighted by Crippen LogP contribution is 2.28. The number of sulfonamides is 1. The number of carbonyl (C=O) groups excluding carboxylic acids is 1. The Hall–Kier alpha value is -2.75. The average molecular weight is 462 g/mol. The molecule has 0 saturated carbocycles. The number of benzene rings is 2. The van der Waals surface area contributed by atoms with Crippen LogP contribution in [0.2, 0.25) is 5.02 Å². The molecule has 8 nitrogen and oxygen atoms in total. The fourth-order valence-corrected chi connectivity index (χ4v) is 5.04. The Morgan fingerprint density at radius 1 is 1.23 bits per heavy atom. The van der Waals surface area contributed by atoms with Crippen molar-refractivity contribution in [2.45, 2.75) is 37.8 Å². The topological polar surface area (TPSA) is 103 Å². The van der Waals surface area contributed by atoms with Crippen LogP contribution in [0, 0.1) is 6.92 Å². The second-order valence-electron chi connectivity index (χ2n) is 7.23. The van der Waals surface area contributed by atoms with Crippen molar-refractivity contribution in [3.8, 4) is 0 Å². The molecule has 0 radical (unpaired) electrons. The molecular formula is C21H20ClN3O5S. The maximum Gasteiger partial charge on any atom is 0.340 e. The minimum atomic E-state index is -3.83. The molecule has 1 aliphatic heterocycles. The van der Waals surface area contributed by atoms with Gasteiger partial charge in [-0.05, 0) is 49.6 Å². The van der Waals surface area contributed by atoms with Crippen molar-refractivity contribution >= 4 is 27.6 Å². The van der Waals surface area contributed by atoms with Crippen molar-refractivity contribution < 1.29 is 22.5 Å². The molecule has 0 spiro atoms. The van der Waals surface area contributed by atoms with Gasteiger partial charge in [0.25, 0.3) is 5.89 Å². The Bertz CT molecular complexity index is 1240. The van der Waals surface area contributed by atoms with Crippen LogP contribution in [0.1, 0.15) is 46.2 Å². The van der Waals surface area contributed by atoms with E-state index in [2.05, 4.69) is 10.1 Å². The van der Waals surface area contributed by atoms with E-state index in [1.165, 1.54) is 22.5 Å². The minimum absolute atomic E-state index is 0.0236. The molecule has 1 unspecified atom stereocenters. The van der Waals surface area contributed by atoms with Crippen LogP contribution in [0.15, 0.2) is 51.9 Å². The number of carbonyl (C=O) groups is 1. The van der Waals surface area contributed by atoms with E-state index in [1.54, 1.807) is 13.8 Å².